The Kier molecular flexibility index (Phi) is 6.60. The molecule has 1 aliphatic heterocycles. The number of aromatic amines is 1. The molecule has 0 spiro atoms. The average Bonchev–Trinajstić information content (AvgIpc) is 2.81. The van der Waals surface area contributed by atoms with Crippen molar-refractivity contribution in [3.63, 3.8) is 0 Å². The maximum atomic E-state index is 14.6. The highest BCUT2D eigenvalue weighted by Crippen LogP contribution is 2.40. The molecule has 0 saturated carbocycles. The van der Waals surface area contributed by atoms with Crippen molar-refractivity contribution in [2.45, 2.75) is 37.6 Å². The number of aromatic nitrogens is 3. The van der Waals surface area contributed by atoms with Gasteiger partial charge in [0.1, 0.15) is 5.82 Å². The number of hydrogen-bond acceptors (Lipinski definition) is 5. The molecule has 33 heavy (non-hydrogen) atoms. The first kappa shape index (κ1) is 22.7. The normalized spacial score (nSPS) is 19.1. The molecule has 4 heterocycles. The van der Waals surface area contributed by atoms with E-state index in [1.165, 1.54) is 18.3 Å². The number of halogens is 2. The predicted molar refractivity (Wildman–Crippen MR) is 120 cm³/mol. The van der Waals surface area contributed by atoms with E-state index in [0.29, 0.717) is 17.8 Å². The van der Waals surface area contributed by atoms with Crippen LogP contribution in [0.4, 0.5) is 14.6 Å². The molecule has 2 N–H and O–H groups in total. The Morgan fingerprint density at radius 2 is 2.00 bits per heavy atom. The highest BCUT2D eigenvalue weighted by atomic mass is 19.3. The Balaban J connectivity index is 1.39. The minimum absolute atomic E-state index is 0.00588. The van der Waals surface area contributed by atoms with Gasteiger partial charge in [0, 0.05) is 50.4 Å². The van der Waals surface area contributed by atoms with Crippen molar-refractivity contribution < 1.29 is 13.6 Å². The fraction of sp³-hybridized carbons (Fsp3) is 0.333. The van der Waals surface area contributed by atoms with E-state index in [-0.39, 0.29) is 31.0 Å². The predicted octanol–water partition coefficient (Wildman–Crippen LogP) is 3.21. The second kappa shape index (κ2) is 9.58. The first-order chi connectivity index (χ1) is 15.8. The summed E-state index contributed by atoms with van der Waals surface area (Å²) in [5, 5.41) is 2.78. The van der Waals surface area contributed by atoms with Crippen LogP contribution in [0, 0.1) is 0 Å². The number of carbonyl (C=O) groups excluding carboxylic acids is 1. The first-order valence-electron chi connectivity index (χ1n) is 10.8. The second-order valence-electron chi connectivity index (χ2n) is 8.29. The number of alkyl halides is 2. The molecule has 0 bridgehead atoms. The fourth-order valence-corrected chi connectivity index (χ4v) is 4.00. The van der Waals surface area contributed by atoms with Crippen LogP contribution in [0.15, 0.2) is 66.0 Å². The summed E-state index contributed by atoms with van der Waals surface area (Å²) in [6.45, 7) is 1.80. The molecule has 1 unspecified atom stereocenters. The quantitative estimate of drug-likeness (QED) is 0.598. The van der Waals surface area contributed by atoms with Crippen molar-refractivity contribution in [1.82, 2.24) is 19.9 Å². The Morgan fingerprint density at radius 1 is 1.21 bits per heavy atom. The number of nitrogens with one attached hydrogen (secondary N) is 2. The van der Waals surface area contributed by atoms with Crippen LogP contribution in [-0.4, -0.2) is 50.8 Å². The van der Waals surface area contributed by atoms with Gasteiger partial charge in [0.25, 0.3) is 5.92 Å². The van der Waals surface area contributed by atoms with Crippen LogP contribution < -0.4 is 10.9 Å². The van der Waals surface area contributed by atoms with E-state index in [9.17, 15) is 18.4 Å². The van der Waals surface area contributed by atoms with Gasteiger partial charge in [-0.25, -0.2) is 13.8 Å². The van der Waals surface area contributed by atoms with Crippen LogP contribution in [0.1, 0.15) is 36.0 Å². The molecule has 1 saturated heterocycles. The zero-order valence-electron chi connectivity index (χ0n) is 18.2. The Hall–Kier alpha value is -3.46. The maximum absolute atomic E-state index is 14.6. The molecule has 7 nitrogen and oxygen atoms in total. The number of pyridine rings is 3. The maximum Gasteiger partial charge on any atom is 0.257 e. The molecule has 2 atom stereocenters. The topological polar surface area (TPSA) is 91.0 Å². The van der Waals surface area contributed by atoms with E-state index < -0.39 is 17.9 Å². The zero-order chi connectivity index (χ0) is 23.4. The summed E-state index contributed by atoms with van der Waals surface area (Å²) >= 11 is 0. The van der Waals surface area contributed by atoms with Gasteiger partial charge in [0.2, 0.25) is 11.5 Å². The first-order valence-corrected chi connectivity index (χ1v) is 10.8. The van der Waals surface area contributed by atoms with Crippen LogP contribution in [0.2, 0.25) is 0 Å². The standard InChI is InChI=1S/C24H25F2N5O2/c1-16(31-11-8-24(25,26)20(15-31)19-3-5-22(32)29-14-19)23(33)30-21-4-2-18(13-28-21)12-17-6-9-27-10-7-17/h2-7,9-10,13-14,16,20H,8,11-12,15H2,1H3,(H,29,32)(H,28,30,33)/t16?,20-/m1/s1. The lowest BCUT2D eigenvalue weighted by Crippen LogP contribution is -2.52. The van der Waals surface area contributed by atoms with Crippen LogP contribution >= 0.6 is 0 Å². The molecule has 3 aromatic heterocycles. The molecule has 1 aliphatic rings. The molecule has 4 rings (SSSR count). The van der Waals surface area contributed by atoms with Crippen molar-refractivity contribution in [1.29, 1.82) is 0 Å². The van der Waals surface area contributed by atoms with Crippen LogP contribution in [0.3, 0.4) is 0 Å². The average molecular weight is 453 g/mol. The van der Waals surface area contributed by atoms with E-state index in [4.69, 9.17) is 0 Å². The van der Waals surface area contributed by atoms with Gasteiger partial charge in [0.15, 0.2) is 0 Å². The number of H-pyrrole nitrogens is 1. The highest BCUT2D eigenvalue weighted by Gasteiger charge is 2.46. The smallest absolute Gasteiger partial charge is 0.257 e. The molecule has 0 aromatic carbocycles. The Morgan fingerprint density at radius 3 is 2.67 bits per heavy atom. The molecule has 172 valence electrons. The lowest BCUT2D eigenvalue weighted by Gasteiger charge is -2.40. The van der Waals surface area contributed by atoms with Crippen LogP contribution in [0.5, 0.6) is 0 Å². The van der Waals surface area contributed by atoms with Crippen molar-refractivity contribution in [2.24, 2.45) is 0 Å². The summed E-state index contributed by atoms with van der Waals surface area (Å²) in [5.41, 5.74) is 2.11. The number of rotatable bonds is 6. The molecule has 0 aliphatic carbocycles. The lowest BCUT2D eigenvalue weighted by molar-refractivity contribution is -0.125. The van der Waals surface area contributed by atoms with Gasteiger partial charge in [-0.15, -0.1) is 0 Å². The van der Waals surface area contributed by atoms with Gasteiger partial charge >= 0.3 is 0 Å². The van der Waals surface area contributed by atoms with Crippen molar-refractivity contribution in [3.05, 3.63) is 88.2 Å². The molecule has 1 amide bonds. The number of anilines is 1. The van der Waals surface area contributed by atoms with Crippen molar-refractivity contribution >= 4 is 11.7 Å². The SMILES string of the molecule is CC(C(=O)Nc1ccc(Cc2ccncc2)cn1)N1CCC(F)(F)[C@@H](c2ccc(=O)[nH]c2)C1. The molecule has 9 heteroatoms. The third-order valence-corrected chi connectivity index (χ3v) is 6.03. The summed E-state index contributed by atoms with van der Waals surface area (Å²) < 4.78 is 29.2. The fourth-order valence-electron chi connectivity index (χ4n) is 4.00. The monoisotopic (exact) mass is 453 g/mol. The summed E-state index contributed by atoms with van der Waals surface area (Å²) in [7, 11) is 0. The van der Waals surface area contributed by atoms with Gasteiger partial charge in [-0.1, -0.05) is 12.1 Å². The highest BCUT2D eigenvalue weighted by molar-refractivity contribution is 5.93. The number of hydrogen-bond donors (Lipinski definition) is 2. The zero-order valence-corrected chi connectivity index (χ0v) is 18.2. The van der Waals surface area contributed by atoms with Crippen LogP contribution in [0.25, 0.3) is 0 Å². The van der Waals surface area contributed by atoms with Gasteiger partial charge in [0.05, 0.1) is 12.0 Å². The van der Waals surface area contributed by atoms with E-state index in [2.05, 4.69) is 20.3 Å². The van der Waals surface area contributed by atoms with Crippen molar-refractivity contribution in [2.75, 3.05) is 18.4 Å². The Bertz CT molecular complexity index is 1130. The number of nitrogens with zero attached hydrogens (tertiary/aromatic N) is 3. The third-order valence-electron chi connectivity index (χ3n) is 6.03. The van der Waals surface area contributed by atoms with E-state index >= 15 is 0 Å². The second-order valence-corrected chi connectivity index (χ2v) is 8.29. The van der Waals surface area contributed by atoms with E-state index in [1.807, 2.05) is 18.2 Å². The minimum atomic E-state index is -2.92. The van der Waals surface area contributed by atoms with Gasteiger partial charge < -0.3 is 10.3 Å². The summed E-state index contributed by atoms with van der Waals surface area (Å²) in [6.07, 6.45) is 6.83. The molecule has 0 radical (unpaired) electrons. The molecular weight excluding hydrogens is 428 g/mol. The van der Waals surface area contributed by atoms with E-state index in [0.717, 1.165) is 11.1 Å². The Labute approximate surface area is 189 Å². The van der Waals surface area contributed by atoms with Gasteiger partial charge in [-0.3, -0.25) is 19.5 Å². The molecule has 3 aromatic rings. The van der Waals surface area contributed by atoms with E-state index in [1.54, 1.807) is 36.5 Å². The summed E-state index contributed by atoms with van der Waals surface area (Å²) in [6, 6.07) is 9.52. The minimum Gasteiger partial charge on any atom is -0.329 e. The third kappa shape index (κ3) is 5.48. The number of likely N-dealkylation sites (tertiary alicyclic amines) is 1. The lowest BCUT2D eigenvalue weighted by atomic mass is 9.87. The summed E-state index contributed by atoms with van der Waals surface area (Å²) in [5.74, 6) is -3.93. The van der Waals surface area contributed by atoms with Gasteiger partial charge in [-0.05, 0) is 48.2 Å². The summed E-state index contributed by atoms with van der Waals surface area (Å²) in [4.78, 5) is 36.6. The molecular formula is C24H25F2N5O2. The number of amides is 1. The number of piperidine rings is 1. The van der Waals surface area contributed by atoms with Gasteiger partial charge in [-0.2, -0.15) is 0 Å². The number of carbonyl (C=O) groups is 1. The molecule has 1 fully saturated rings. The van der Waals surface area contributed by atoms with Crippen molar-refractivity contribution in [3.8, 4) is 0 Å². The van der Waals surface area contributed by atoms with Crippen LogP contribution in [-0.2, 0) is 11.2 Å². The largest absolute Gasteiger partial charge is 0.329 e.